The van der Waals surface area contributed by atoms with Crippen LogP contribution in [0.2, 0.25) is 9.26 Å². The van der Waals surface area contributed by atoms with Crippen LogP contribution in [0.15, 0.2) is 108 Å². The molecule has 0 saturated carbocycles. The van der Waals surface area contributed by atoms with Crippen LogP contribution in [0.5, 0.6) is 0 Å². The minimum absolute atomic E-state index is 0.399. The number of rotatable bonds is 12. The standard InChI is InChI=1S/2C29H31.2CH3.H2Si.Zr/c2*1-6-7-8-23-17-28-26(24-13-19(2)11-20(3)14-24)9-10-27(29(28)18-23)25-15-21(4)12-22(5)16-25;;;;/h2*9-18H,6-8H2,1-5H3;2*1H3;1H2;. The molecule has 0 aliphatic heterocycles. The Labute approximate surface area is 377 Å². The predicted octanol–water partition coefficient (Wildman–Crippen LogP) is 17.1. The molecule has 2 aliphatic carbocycles. The van der Waals surface area contributed by atoms with E-state index in [1.54, 1.807) is 22.3 Å². The molecule has 0 aromatic heterocycles. The third kappa shape index (κ3) is 8.37. The van der Waals surface area contributed by atoms with Gasteiger partial charge in [-0.05, 0) is 0 Å². The molecule has 0 saturated heterocycles. The third-order valence-electron chi connectivity index (χ3n) is 14.2. The van der Waals surface area contributed by atoms with E-state index in [1.165, 1.54) is 126 Å². The number of aryl methyl sites for hydroxylation is 8. The molecule has 0 radical (unpaired) electrons. The summed E-state index contributed by atoms with van der Waals surface area (Å²) >= 11 is -4.22. The Morgan fingerprint density at radius 3 is 0.935 bits per heavy atom. The summed E-state index contributed by atoms with van der Waals surface area (Å²) in [5.74, 6) is 0. The van der Waals surface area contributed by atoms with Gasteiger partial charge in [0.25, 0.3) is 0 Å². The first-order valence-corrected chi connectivity index (χ1v) is 37.3. The van der Waals surface area contributed by atoms with Crippen molar-refractivity contribution in [3.8, 4) is 44.5 Å². The number of allylic oxidation sites excluding steroid dienone is 2. The first-order chi connectivity index (χ1) is 29.4. The summed E-state index contributed by atoms with van der Waals surface area (Å²) in [6.45, 7) is 25.4. The molecule has 0 nitrogen and oxygen atoms in total. The molecule has 6 aromatic carbocycles. The summed E-state index contributed by atoms with van der Waals surface area (Å²) in [5, 5.41) is 0. The van der Waals surface area contributed by atoms with E-state index in [4.69, 9.17) is 0 Å². The van der Waals surface area contributed by atoms with Gasteiger partial charge in [-0.3, -0.25) is 0 Å². The van der Waals surface area contributed by atoms with Gasteiger partial charge in [0.2, 0.25) is 0 Å². The monoisotopic (exact) mass is 908 g/mol. The fourth-order valence-corrected chi connectivity index (χ4v) is 31.8. The zero-order valence-corrected chi connectivity index (χ0v) is 43.9. The second-order valence-electron chi connectivity index (χ2n) is 20.9. The minimum atomic E-state index is -4.22. The number of hydrogen-bond acceptors (Lipinski definition) is 0. The van der Waals surface area contributed by atoms with Crippen LogP contribution in [0.4, 0.5) is 0 Å². The molecule has 0 bridgehead atoms. The molecular formula is C60H70SiZr. The second kappa shape index (κ2) is 17.1. The van der Waals surface area contributed by atoms with E-state index < -0.39 is 17.4 Å². The summed E-state index contributed by atoms with van der Waals surface area (Å²) in [5.41, 5.74) is 31.4. The van der Waals surface area contributed by atoms with Crippen LogP contribution >= 0.6 is 0 Å². The molecule has 2 aliphatic rings. The third-order valence-corrected chi connectivity index (χ3v) is 31.6. The summed E-state index contributed by atoms with van der Waals surface area (Å²) in [4.78, 5) is 0. The molecule has 2 heteroatoms. The van der Waals surface area contributed by atoms with Gasteiger partial charge in [-0.1, -0.05) is 0 Å². The Morgan fingerprint density at radius 2 is 0.661 bits per heavy atom. The summed E-state index contributed by atoms with van der Waals surface area (Å²) < 4.78 is 6.58. The van der Waals surface area contributed by atoms with E-state index in [2.05, 4.69) is 195 Å². The molecule has 62 heavy (non-hydrogen) atoms. The van der Waals surface area contributed by atoms with Crippen molar-refractivity contribution in [1.82, 2.24) is 0 Å². The van der Waals surface area contributed by atoms with Crippen molar-refractivity contribution in [3.05, 3.63) is 175 Å². The molecule has 6 aromatic rings. The van der Waals surface area contributed by atoms with Crippen LogP contribution in [0.3, 0.4) is 0 Å². The number of unbranched alkanes of at least 4 members (excludes halogenated alkanes) is 2. The Bertz CT molecular complexity index is 2620. The Hall–Kier alpha value is -4.10. The summed E-state index contributed by atoms with van der Waals surface area (Å²) in [6.07, 6.45) is 12.6. The number of hydrogen-bond donors (Lipinski definition) is 0. The maximum absolute atomic E-state index is 4.22. The second-order valence-corrected chi connectivity index (χ2v) is 51.4. The van der Waals surface area contributed by atoms with E-state index in [0.717, 1.165) is 12.8 Å². The van der Waals surface area contributed by atoms with Gasteiger partial charge in [0.15, 0.2) is 0 Å². The predicted molar refractivity (Wildman–Crippen MR) is 273 cm³/mol. The quantitative estimate of drug-likeness (QED) is 0.107. The molecule has 0 N–H and O–H groups in total. The van der Waals surface area contributed by atoms with Gasteiger partial charge in [-0.15, -0.1) is 0 Å². The average Bonchev–Trinajstić information content (AvgIpc) is 3.78. The van der Waals surface area contributed by atoms with E-state index in [9.17, 15) is 0 Å². The van der Waals surface area contributed by atoms with Crippen LogP contribution in [-0.2, 0) is 17.4 Å². The molecular weight excluding hydrogens is 840 g/mol. The van der Waals surface area contributed by atoms with Crippen molar-refractivity contribution in [3.63, 3.8) is 0 Å². The fraction of sp³-hybridized carbons (Fsp3) is 0.333. The Morgan fingerprint density at radius 1 is 0.403 bits per heavy atom. The van der Waals surface area contributed by atoms with E-state index in [0.29, 0.717) is 7.25 Å². The molecule has 8 rings (SSSR count). The van der Waals surface area contributed by atoms with Crippen molar-refractivity contribution >= 4 is 19.0 Å². The van der Waals surface area contributed by atoms with Gasteiger partial charge in [-0.2, -0.15) is 0 Å². The van der Waals surface area contributed by atoms with E-state index in [1.807, 2.05) is 0 Å². The molecule has 0 spiro atoms. The Kier molecular flexibility index (Phi) is 12.3. The van der Waals surface area contributed by atoms with Gasteiger partial charge >= 0.3 is 380 Å². The zero-order chi connectivity index (χ0) is 44.3. The topological polar surface area (TPSA) is 0 Å². The number of fused-ring (bicyclic) bond motifs is 2. The fourth-order valence-electron chi connectivity index (χ4n) is 12.2. The van der Waals surface area contributed by atoms with Crippen molar-refractivity contribution in [1.29, 1.82) is 0 Å². The van der Waals surface area contributed by atoms with Crippen LogP contribution in [-0.4, -0.2) is 6.88 Å². The molecule has 2 atom stereocenters. The summed E-state index contributed by atoms with van der Waals surface area (Å²) in [6, 6.07) is 38.8. The normalized spacial score (nSPS) is 16.0. The van der Waals surface area contributed by atoms with Gasteiger partial charge in [-0.25, -0.2) is 0 Å². The van der Waals surface area contributed by atoms with Gasteiger partial charge < -0.3 is 0 Å². The molecule has 0 heterocycles. The number of benzene rings is 6. The van der Waals surface area contributed by atoms with Crippen molar-refractivity contribution < 1.29 is 17.4 Å². The first-order valence-electron chi connectivity index (χ1n) is 23.6. The molecule has 0 fully saturated rings. The first kappa shape index (κ1) is 44.5. The van der Waals surface area contributed by atoms with Crippen LogP contribution in [0, 0.1) is 55.4 Å². The van der Waals surface area contributed by atoms with E-state index in [-0.39, 0.29) is 0 Å². The van der Waals surface area contributed by atoms with Gasteiger partial charge in [0.05, 0.1) is 0 Å². The van der Waals surface area contributed by atoms with Gasteiger partial charge in [0.1, 0.15) is 0 Å². The molecule has 318 valence electrons. The van der Waals surface area contributed by atoms with Crippen molar-refractivity contribution in [2.24, 2.45) is 0 Å². The zero-order valence-electron chi connectivity index (χ0n) is 40.0. The van der Waals surface area contributed by atoms with Crippen molar-refractivity contribution in [2.45, 2.75) is 124 Å². The molecule has 2 unspecified atom stereocenters. The van der Waals surface area contributed by atoms with E-state index >= 15 is 0 Å². The summed E-state index contributed by atoms with van der Waals surface area (Å²) in [7, 11) is 0. The Balaban J connectivity index is 1.48. The molecule has 0 amide bonds. The van der Waals surface area contributed by atoms with Crippen LogP contribution < -0.4 is 0 Å². The van der Waals surface area contributed by atoms with Crippen LogP contribution in [0.25, 0.3) is 56.7 Å². The van der Waals surface area contributed by atoms with Crippen molar-refractivity contribution in [2.75, 3.05) is 0 Å². The maximum atomic E-state index is 2.89. The SMILES string of the molecule is CCCCC1=Cc2c(-c3cc(C)cc(C)c3)ccc(-c3cc(C)cc(C)c3)c2[CH]1[Zr]([CH3])([CH3])(=[SiH2])[CH]1C(CCCC)=Cc2c(-c3cc(C)cc(C)c3)ccc(-c3cc(C)cc(C)c3)c21. The average molecular weight is 911 g/mol. The van der Waals surface area contributed by atoms with Gasteiger partial charge in [0, 0.05) is 0 Å². The van der Waals surface area contributed by atoms with Crippen LogP contribution in [0.1, 0.15) is 126 Å².